The van der Waals surface area contributed by atoms with E-state index in [1.165, 1.54) is 31.4 Å². The molecule has 1 saturated carbocycles. The van der Waals surface area contributed by atoms with E-state index in [2.05, 4.69) is 4.74 Å². The molecule has 30 heavy (non-hydrogen) atoms. The van der Waals surface area contributed by atoms with Crippen LogP contribution in [0.2, 0.25) is 0 Å². The van der Waals surface area contributed by atoms with Gasteiger partial charge in [-0.1, -0.05) is 0 Å². The van der Waals surface area contributed by atoms with Crippen LogP contribution >= 0.6 is 0 Å². The maximum Gasteiger partial charge on any atom is 0.337 e. The fourth-order valence-electron chi connectivity index (χ4n) is 4.42. The molecule has 1 aliphatic carbocycles. The summed E-state index contributed by atoms with van der Waals surface area (Å²) in [5.41, 5.74) is 0.897. The molecular formula is C23H24FNO5. The number of benzene rings is 2. The maximum absolute atomic E-state index is 13.1. The molecule has 1 amide bonds. The smallest absolute Gasteiger partial charge is 0.337 e. The third kappa shape index (κ3) is 4.16. The van der Waals surface area contributed by atoms with Crippen molar-refractivity contribution < 1.29 is 28.6 Å². The number of fused-ring (bicyclic) bond motifs is 1. The molecule has 158 valence electrons. The fourth-order valence-corrected chi connectivity index (χ4v) is 4.42. The zero-order chi connectivity index (χ0) is 21.3. The number of carbonyl (C=O) groups excluding carboxylic acids is 2. The van der Waals surface area contributed by atoms with Crippen LogP contribution in [-0.2, 0) is 4.74 Å². The second-order valence-corrected chi connectivity index (χ2v) is 7.95. The van der Waals surface area contributed by atoms with Gasteiger partial charge in [0.25, 0.3) is 5.91 Å². The van der Waals surface area contributed by atoms with E-state index in [1.807, 2.05) is 0 Å². The van der Waals surface area contributed by atoms with Crippen LogP contribution in [0.1, 0.15) is 33.6 Å². The Kier molecular flexibility index (Phi) is 5.72. The molecule has 2 aromatic rings. The van der Waals surface area contributed by atoms with Gasteiger partial charge in [0.05, 0.1) is 18.8 Å². The van der Waals surface area contributed by atoms with Gasteiger partial charge in [-0.3, -0.25) is 4.79 Å². The van der Waals surface area contributed by atoms with E-state index in [-0.39, 0.29) is 29.7 Å². The van der Waals surface area contributed by atoms with Crippen LogP contribution in [-0.4, -0.2) is 54.3 Å². The van der Waals surface area contributed by atoms with Crippen molar-refractivity contribution in [3.8, 4) is 5.75 Å². The lowest BCUT2D eigenvalue weighted by molar-refractivity contribution is -0.0231. The molecule has 1 saturated heterocycles. The van der Waals surface area contributed by atoms with Crippen molar-refractivity contribution in [3.05, 3.63) is 65.5 Å². The van der Waals surface area contributed by atoms with Gasteiger partial charge in [0.2, 0.25) is 0 Å². The Morgan fingerprint density at radius 2 is 1.57 bits per heavy atom. The number of halogens is 1. The largest absolute Gasteiger partial charge is 0.488 e. The molecule has 1 heterocycles. The molecule has 2 fully saturated rings. The van der Waals surface area contributed by atoms with Gasteiger partial charge in [-0.15, -0.1) is 0 Å². The summed E-state index contributed by atoms with van der Waals surface area (Å²) in [6.45, 7) is 1.17. The molecule has 0 unspecified atom stereocenters. The zero-order valence-electron chi connectivity index (χ0n) is 16.7. The topological polar surface area (TPSA) is 76.1 Å². The molecule has 1 N–H and O–H groups in total. The molecule has 4 atom stereocenters. The first-order valence-corrected chi connectivity index (χ1v) is 10.0. The van der Waals surface area contributed by atoms with E-state index in [4.69, 9.17) is 4.74 Å². The van der Waals surface area contributed by atoms with Gasteiger partial charge in [-0.2, -0.15) is 0 Å². The molecule has 4 rings (SSSR count). The van der Waals surface area contributed by atoms with Gasteiger partial charge in [0.1, 0.15) is 17.7 Å². The van der Waals surface area contributed by atoms with E-state index in [0.717, 1.165) is 0 Å². The molecule has 6 nitrogen and oxygen atoms in total. The van der Waals surface area contributed by atoms with Crippen LogP contribution in [0.5, 0.6) is 5.75 Å². The number of hydrogen-bond acceptors (Lipinski definition) is 5. The van der Waals surface area contributed by atoms with Crippen molar-refractivity contribution in [1.29, 1.82) is 0 Å². The van der Waals surface area contributed by atoms with Crippen LogP contribution < -0.4 is 4.74 Å². The number of likely N-dealkylation sites (tertiary alicyclic amines) is 1. The van der Waals surface area contributed by atoms with Gasteiger partial charge in [0, 0.05) is 18.7 Å². The summed E-state index contributed by atoms with van der Waals surface area (Å²) in [5, 5.41) is 10.6. The van der Waals surface area contributed by atoms with E-state index < -0.39 is 12.1 Å². The number of carbonyl (C=O) groups is 2. The quantitative estimate of drug-likeness (QED) is 0.780. The summed E-state index contributed by atoms with van der Waals surface area (Å²) in [5.74, 6) is 0.114. The number of esters is 1. The molecule has 0 radical (unpaired) electrons. The third-order valence-corrected chi connectivity index (χ3v) is 6.03. The van der Waals surface area contributed by atoms with Crippen LogP contribution in [0, 0.1) is 17.7 Å². The lowest BCUT2D eigenvalue weighted by Crippen LogP contribution is -2.42. The number of aliphatic hydroxyl groups excluding tert-OH is 1. The van der Waals surface area contributed by atoms with Gasteiger partial charge >= 0.3 is 5.97 Å². The van der Waals surface area contributed by atoms with Gasteiger partial charge in [0.15, 0.2) is 0 Å². The highest BCUT2D eigenvalue weighted by molar-refractivity contribution is 5.94. The summed E-state index contributed by atoms with van der Waals surface area (Å²) in [6, 6.07) is 12.2. The lowest BCUT2D eigenvalue weighted by Gasteiger charge is -2.35. The first-order valence-electron chi connectivity index (χ1n) is 10.0. The Hall–Kier alpha value is -2.93. The second-order valence-electron chi connectivity index (χ2n) is 7.95. The first kappa shape index (κ1) is 20.3. The number of methoxy groups -OCH3 is 1. The van der Waals surface area contributed by atoms with Crippen molar-refractivity contribution in [2.75, 3.05) is 20.2 Å². The predicted molar refractivity (Wildman–Crippen MR) is 107 cm³/mol. The Morgan fingerprint density at radius 1 is 0.967 bits per heavy atom. The van der Waals surface area contributed by atoms with Crippen molar-refractivity contribution >= 4 is 11.9 Å². The number of hydrogen-bond donors (Lipinski definition) is 1. The Labute approximate surface area is 174 Å². The van der Waals surface area contributed by atoms with Crippen LogP contribution in [0.25, 0.3) is 0 Å². The molecule has 2 aliphatic rings. The molecule has 7 heteroatoms. The molecule has 0 spiro atoms. The number of nitrogens with zero attached hydrogens (tertiary/aromatic N) is 1. The average Bonchev–Trinajstić information content (AvgIpc) is 3.16. The van der Waals surface area contributed by atoms with Crippen molar-refractivity contribution in [1.82, 2.24) is 4.90 Å². The fraction of sp³-hybridized carbons (Fsp3) is 0.391. The summed E-state index contributed by atoms with van der Waals surface area (Å²) in [6.07, 6.45) is 0.184. The van der Waals surface area contributed by atoms with Crippen molar-refractivity contribution in [3.63, 3.8) is 0 Å². The zero-order valence-corrected chi connectivity index (χ0v) is 16.7. The molecule has 1 aliphatic heterocycles. The minimum atomic E-state index is -0.632. The van der Waals surface area contributed by atoms with E-state index >= 15 is 0 Å². The second kappa shape index (κ2) is 8.44. The normalized spacial score (nSPS) is 25.5. The SMILES string of the molecule is COC(=O)c1ccc(O[C@@H]2C[C@@H]3CN(C(=O)c4ccc(F)cc4)C[C@@H]3C[C@H]2O)cc1. The van der Waals surface area contributed by atoms with Crippen molar-refractivity contribution in [2.45, 2.75) is 25.0 Å². The Morgan fingerprint density at radius 3 is 2.20 bits per heavy atom. The lowest BCUT2D eigenvalue weighted by atomic mass is 9.78. The van der Waals surface area contributed by atoms with E-state index in [0.29, 0.717) is 42.8 Å². The summed E-state index contributed by atoms with van der Waals surface area (Å²) < 4.78 is 23.8. The average molecular weight is 413 g/mol. The number of amides is 1. The molecule has 0 bridgehead atoms. The van der Waals surface area contributed by atoms with Gasteiger partial charge < -0.3 is 19.5 Å². The number of ether oxygens (including phenoxy) is 2. The number of aliphatic hydroxyl groups is 1. The molecule has 0 aromatic heterocycles. The monoisotopic (exact) mass is 413 g/mol. The van der Waals surface area contributed by atoms with Gasteiger partial charge in [-0.25, -0.2) is 9.18 Å². The third-order valence-electron chi connectivity index (χ3n) is 6.03. The highest BCUT2D eigenvalue weighted by Crippen LogP contribution is 2.38. The highest BCUT2D eigenvalue weighted by atomic mass is 19.1. The van der Waals surface area contributed by atoms with E-state index in [9.17, 15) is 19.1 Å². The predicted octanol–water partition coefficient (Wildman–Crippen LogP) is 2.90. The minimum Gasteiger partial charge on any atom is -0.488 e. The summed E-state index contributed by atoms with van der Waals surface area (Å²) in [7, 11) is 1.33. The summed E-state index contributed by atoms with van der Waals surface area (Å²) in [4.78, 5) is 26.1. The number of rotatable bonds is 4. The van der Waals surface area contributed by atoms with E-state index in [1.54, 1.807) is 29.2 Å². The Balaban J connectivity index is 1.39. The first-order chi connectivity index (χ1) is 14.4. The highest BCUT2D eigenvalue weighted by Gasteiger charge is 2.44. The Bertz CT molecular complexity index is 914. The minimum absolute atomic E-state index is 0.116. The summed E-state index contributed by atoms with van der Waals surface area (Å²) >= 11 is 0. The molecular weight excluding hydrogens is 389 g/mol. The van der Waals surface area contributed by atoms with Crippen LogP contribution in [0.3, 0.4) is 0 Å². The van der Waals surface area contributed by atoms with Crippen molar-refractivity contribution in [2.24, 2.45) is 11.8 Å². The van der Waals surface area contributed by atoms with Crippen LogP contribution in [0.15, 0.2) is 48.5 Å². The standard InChI is InChI=1S/C23H24FNO5/c1-29-23(28)15-4-8-19(9-5-15)30-21-11-17-13-25(12-16(17)10-20(21)26)22(27)14-2-6-18(24)7-3-14/h2-9,16-17,20-21,26H,10-13H2,1H3/t16-,17+,20+,21+/m0/s1. The van der Waals surface area contributed by atoms with Crippen LogP contribution in [0.4, 0.5) is 4.39 Å². The van der Waals surface area contributed by atoms with Gasteiger partial charge in [-0.05, 0) is 73.2 Å². The maximum atomic E-state index is 13.1. The molecule has 2 aromatic carbocycles.